The highest BCUT2D eigenvalue weighted by Crippen LogP contribution is 2.31. The third-order valence-corrected chi connectivity index (χ3v) is 4.18. The van der Waals surface area contributed by atoms with Gasteiger partial charge in [0.25, 0.3) is 5.91 Å². The molecule has 2 aliphatic rings. The third kappa shape index (κ3) is 3.65. The van der Waals surface area contributed by atoms with Crippen LogP contribution >= 0.6 is 12.4 Å². The summed E-state index contributed by atoms with van der Waals surface area (Å²) in [7, 11) is 1.98. The van der Waals surface area contributed by atoms with E-state index in [0.717, 1.165) is 38.2 Å². The van der Waals surface area contributed by atoms with E-state index >= 15 is 0 Å². The number of piperidine rings is 1. The van der Waals surface area contributed by atoms with Gasteiger partial charge in [0.1, 0.15) is 13.2 Å². The van der Waals surface area contributed by atoms with Gasteiger partial charge in [-0.15, -0.1) is 12.4 Å². The third-order valence-electron chi connectivity index (χ3n) is 4.18. The first kappa shape index (κ1) is 16.9. The predicted molar refractivity (Wildman–Crippen MR) is 87.2 cm³/mol. The minimum Gasteiger partial charge on any atom is -0.486 e. The Morgan fingerprint density at radius 2 is 1.91 bits per heavy atom. The van der Waals surface area contributed by atoms with Gasteiger partial charge in [-0.25, -0.2) is 0 Å². The van der Waals surface area contributed by atoms with Crippen LogP contribution in [-0.4, -0.2) is 50.7 Å². The molecule has 1 aromatic rings. The Balaban J connectivity index is 0.00000176. The fraction of sp³-hybridized carbons (Fsp3) is 0.562. The molecule has 6 heteroatoms. The number of carbonyl (C=O) groups is 1. The molecule has 0 aliphatic carbocycles. The predicted octanol–water partition coefficient (Wildman–Crippen LogP) is 1.95. The minimum absolute atomic E-state index is 0. The molecule has 2 aliphatic heterocycles. The summed E-state index contributed by atoms with van der Waals surface area (Å²) in [6, 6.07) is 5.46. The molecule has 1 N–H and O–H groups in total. The summed E-state index contributed by atoms with van der Waals surface area (Å²) in [5, 5.41) is 3.21. The van der Waals surface area contributed by atoms with Gasteiger partial charge in [-0.1, -0.05) is 0 Å². The van der Waals surface area contributed by atoms with Gasteiger partial charge in [0.15, 0.2) is 11.5 Å². The summed E-state index contributed by atoms with van der Waals surface area (Å²) in [5.74, 6) is 2.18. The van der Waals surface area contributed by atoms with E-state index in [-0.39, 0.29) is 18.3 Å². The molecule has 0 spiro atoms. The molecule has 0 atom stereocenters. The van der Waals surface area contributed by atoms with Gasteiger partial charge in [-0.3, -0.25) is 4.79 Å². The van der Waals surface area contributed by atoms with Crippen molar-refractivity contribution in [3.8, 4) is 11.5 Å². The highest BCUT2D eigenvalue weighted by Gasteiger charge is 2.24. The molecule has 1 fully saturated rings. The summed E-state index contributed by atoms with van der Waals surface area (Å²) < 4.78 is 11.0. The number of fused-ring (bicyclic) bond motifs is 1. The molecule has 0 saturated carbocycles. The molecule has 1 amide bonds. The Morgan fingerprint density at radius 3 is 2.59 bits per heavy atom. The van der Waals surface area contributed by atoms with Crippen molar-refractivity contribution in [1.29, 1.82) is 0 Å². The standard InChI is InChI=1S/C16H22N2O3.ClH/c1-17-11-12-4-6-18(7-5-12)16(19)13-2-3-14-15(10-13)21-9-8-20-14;/h2-3,10,12,17H,4-9,11H2,1H3;1H. The normalized spacial score (nSPS) is 17.8. The molecule has 1 aromatic carbocycles. The molecule has 2 heterocycles. The number of carbonyl (C=O) groups excluding carboxylic acids is 1. The van der Waals surface area contributed by atoms with Gasteiger partial charge in [-0.2, -0.15) is 0 Å². The number of nitrogens with zero attached hydrogens (tertiary/aromatic N) is 1. The second-order valence-corrected chi connectivity index (χ2v) is 5.65. The van der Waals surface area contributed by atoms with Crippen LogP contribution in [0.1, 0.15) is 23.2 Å². The van der Waals surface area contributed by atoms with Crippen LogP contribution in [0.15, 0.2) is 18.2 Å². The summed E-state index contributed by atoms with van der Waals surface area (Å²) >= 11 is 0. The van der Waals surface area contributed by atoms with Crippen LogP contribution in [0.3, 0.4) is 0 Å². The average Bonchev–Trinajstić information content (AvgIpc) is 2.55. The second kappa shape index (κ2) is 7.70. The molecule has 0 aromatic heterocycles. The molecule has 1 saturated heterocycles. The number of nitrogens with one attached hydrogen (secondary N) is 1. The molecule has 3 rings (SSSR count). The maximum atomic E-state index is 12.6. The first-order valence-electron chi connectivity index (χ1n) is 7.61. The number of rotatable bonds is 3. The van der Waals surface area contributed by atoms with E-state index in [1.54, 1.807) is 6.07 Å². The maximum Gasteiger partial charge on any atom is 0.253 e. The van der Waals surface area contributed by atoms with Crippen molar-refractivity contribution in [3.63, 3.8) is 0 Å². The van der Waals surface area contributed by atoms with Crippen molar-refractivity contribution in [2.45, 2.75) is 12.8 Å². The van der Waals surface area contributed by atoms with E-state index in [1.807, 2.05) is 24.1 Å². The molecular formula is C16H23ClN2O3. The molecule has 0 bridgehead atoms. The fourth-order valence-corrected chi connectivity index (χ4v) is 2.99. The number of amides is 1. The number of halogens is 1. The minimum atomic E-state index is 0. The van der Waals surface area contributed by atoms with Gasteiger partial charge in [0, 0.05) is 18.7 Å². The second-order valence-electron chi connectivity index (χ2n) is 5.65. The number of hydrogen-bond donors (Lipinski definition) is 1. The maximum absolute atomic E-state index is 12.6. The van der Waals surface area contributed by atoms with Crippen molar-refractivity contribution in [1.82, 2.24) is 10.2 Å². The van der Waals surface area contributed by atoms with E-state index in [9.17, 15) is 4.79 Å². The van der Waals surface area contributed by atoms with Crippen LogP contribution in [0.2, 0.25) is 0 Å². The summed E-state index contributed by atoms with van der Waals surface area (Å²) in [6.45, 7) is 3.81. The zero-order valence-corrected chi connectivity index (χ0v) is 13.7. The highest BCUT2D eigenvalue weighted by molar-refractivity contribution is 5.95. The fourth-order valence-electron chi connectivity index (χ4n) is 2.99. The Bertz CT molecular complexity index is 516. The van der Waals surface area contributed by atoms with Crippen LogP contribution in [0.5, 0.6) is 11.5 Å². The van der Waals surface area contributed by atoms with Crippen LogP contribution in [0.25, 0.3) is 0 Å². The van der Waals surface area contributed by atoms with Crippen LogP contribution < -0.4 is 14.8 Å². The van der Waals surface area contributed by atoms with E-state index < -0.39 is 0 Å². The Kier molecular flexibility index (Phi) is 5.91. The van der Waals surface area contributed by atoms with E-state index in [0.29, 0.717) is 30.4 Å². The molecule has 5 nitrogen and oxygen atoms in total. The first-order valence-corrected chi connectivity index (χ1v) is 7.61. The smallest absolute Gasteiger partial charge is 0.253 e. The van der Waals surface area contributed by atoms with Crippen molar-refractivity contribution in [2.75, 3.05) is 39.9 Å². The van der Waals surface area contributed by atoms with Gasteiger partial charge >= 0.3 is 0 Å². The van der Waals surface area contributed by atoms with Gasteiger partial charge < -0.3 is 19.7 Å². The lowest BCUT2D eigenvalue weighted by Crippen LogP contribution is -2.40. The van der Waals surface area contributed by atoms with Crippen molar-refractivity contribution in [2.24, 2.45) is 5.92 Å². The molecule has 0 unspecified atom stereocenters. The molecule has 22 heavy (non-hydrogen) atoms. The van der Waals surface area contributed by atoms with Crippen molar-refractivity contribution in [3.05, 3.63) is 23.8 Å². The van der Waals surface area contributed by atoms with Gasteiger partial charge in [0.05, 0.1) is 0 Å². The van der Waals surface area contributed by atoms with Gasteiger partial charge in [0.2, 0.25) is 0 Å². The van der Waals surface area contributed by atoms with E-state index in [2.05, 4.69) is 5.32 Å². The van der Waals surface area contributed by atoms with Crippen LogP contribution in [0, 0.1) is 5.92 Å². The molecule has 0 radical (unpaired) electrons. The lowest BCUT2D eigenvalue weighted by molar-refractivity contribution is 0.0690. The average molecular weight is 327 g/mol. The highest BCUT2D eigenvalue weighted by atomic mass is 35.5. The Morgan fingerprint density at radius 1 is 1.23 bits per heavy atom. The van der Waals surface area contributed by atoms with Crippen LogP contribution in [-0.2, 0) is 0 Å². The first-order chi connectivity index (χ1) is 10.3. The summed E-state index contributed by atoms with van der Waals surface area (Å²) in [4.78, 5) is 14.5. The number of likely N-dealkylation sites (tertiary alicyclic amines) is 1. The zero-order chi connectivity index (χ0) is 14.7. The lowest BCUT2D eigenvalue weighted by atomic mass is 9.96. The largest absolute Gasteiger partial charge is 0.486 e. The quantitative estimate of drug-likeness (QED) is 0.922. The number of hydrogen-bond acceptors (Lipinski definition) is 4. The Labute approximate surface area is 137 Å². The Hall–Kier alpha value is -1.46. The lowest BCUT2D eigenvalue weighted by Gasteiger charge is -2.32. The monoisotopic (exact) mass is 326 g/mol. The number of benzene rings is 1. The zero-order valence-electron chi connectivity index (χ0n) is 12.8. The van der Waals surface area contributed by atoms with Crippen molar-refractivity contribution < 1.29 is 14.3 Å². The molecular weight excluding hydrogens is 304 g/mol. The number of ether oxygens (including phenoxy) is 2. The molecule has 122 valence electrons. The van der Waals surface area contributed by atoms with E-state index in [1.165, 1.54) is 0 Å². The summed E-state index contributed by atoms with van der Waals surface area (Å²) in [6.07, 6.45) is 2.13. The topological polar surface area (TPSA) is 50.8 Å². The van der Waals surface area contributed by atoms with Crippen LogP contribution in [0.4, 0.5) is 0 Å². The summed E-state index contributed by atoms with van der Waals surface area (Å²) in [5.41, 5.74) is 0.686. The van der Waals surface area contributed by atoms with Crippen molar-refractivity contribution >= 4 is 18.3 Å². The SMILES string of the molecule is CNCC1CCN(C(=O)c2ccc3c(c2)OCCO3)CC1.Cl. The van der Waals surface area contributed by atoms with E-state index in [4.69, 9.17) is 9.47 Å². The van der Waals surface area contributed by atoms with Gasteiger partial charge in [-0.05, 0) is 50.6 Å².